The molecule has 2 N–H and O–H groups in total. The Labute approximate surface area is 132 Å². The van der Waals surface area contributed by atoms with Gasteiger partial charge in [-0.3, -0.25) is 0 Å². The van der Waals surface area contributed by atoms with E-state index in [4.69, 9.17) is 21.2 Å². The van der Waals surface area contributed by atoms with E-state index in [1.54, 1.807) is 32.2 Å². The van der Waals surface area contributed by atoms with Crippen molar-refractivity contribution >= 4 is 17.6 Å². The maximum Gasteiger partial charge on any atom is 0.317 e. The smallest absolute Gasteiger partial charge is 0.317 e. The first kappa shape index (κ1) is 16.3. The highest BCUT2D eigenvalue weighted by atomic mass is 35.5. The van der Waals surface area contributed by atoms with Crippen LogP contribution in [-0.2, 0) is 6.54 Å². The van der Waals surface area contributed by atoms with E-state index in [0.29, 0.717) is 10.8 Å². The number of nitrogens with zero attached hydrogens (tertiary/aromatic N) is 3. The minimum atomic E-state index is -0.330. The Balaban J connectivity index is 1.97. The van der Waals surface area contributed by atoms with Crippen molar-refractivity contribution in [3.05, 3.63) is 35.2 Å². The fourth-order valence-electron chi connectivity index (χ4n) is 1.67. The largest absolute Gasteiger partial charge is 0.394 e. The Morgan fingerprint density at radius 2 is 2.32 bits per heavy atom. The van der Waals surface area contributed by atoms with Crippen molar-refractivity contribution in [2.75, 3.05) is 13.7 Å². The molecule has 0 spiro atoms. The van der Waals surface area contributed by atoms with Crippen LogP contribution in [0.5, 0.6) is 0 Å². The molecule has 118 valence electrons. The average Bonchev–Trinajstić information content (AvgIpc) is 3.00. The number of rotatable bonds is 5. The van der Waals surface area contributed by atoms with Gasteiger partial charge in [0.05, 0.1) is 19.2 Å². The van der Waals surface area contributed by atoms with Gasteiger partial charge in [-0.15, -0.1) is 0 Å². The van der Waals surface area contributed by atoms with Crippen molar-refractivity contribution in [2.24, 2.45) is 0 Å². The van der Waals surface area contributed by atoms with E-state index in [9.17, 15) is 4.79 Å². The number of carbonyl (C=O) groups is 1. The molecule has 0 aliphatic heterocycles. The highest BCUT2D eigenvalue weighted by Gasteiger charge is 2.16. The molecule has 0 bridgehead atoms. The number of aliphatic hydroxyl groups is 1. The summed E-state index contributed by atoms with van der Waals surface area (Å²) in [6, 6.07) is 6.49. The first-order valence-electron chi connectivity index (χ1n) is 6.71. The Hall–Kier alpha value is -2.12. The van der Waals surface area contributed by atoms with Gasteiger partial charge in [0.1, 0.15) is 0 Å². The summed E-state index contributed by atoms with van der Waals surface area (Å²) in [5.41, 5.74) is 0.736. The van der Waals surface area contributed by atoms with E-state index >= 15 is 0 Å². The van der Waals surface area contributed by atoms with E-state index in [-0.39, 0.29) is 31.1 Å². The predicted molar refractivity (Wildman–Crippen MR) is 81.3 cm³/mol. The lowest BCUT2D eigenvalue weighted by molar-refractivity contribution is 0.156. The minimum absolute atomic E-state index is 0.106. The van der Waals surface area contributed by atoms with Gasteiger partial charge >= 0.3 is 6.03 Å². The van der Waals surface area contributed by atoms with Crippen LogP contribution >= 0.6 is 11.6 Å². The van der Waals surface area contributed by atoms with Crippen LogP contribution in [0.3, 0.4) is 0 Å². The Morgan fingerprint density at radius 3 is 3.00 bits per heavy atom. The molecule has 0 aliphatic rings. The zero-order valence-electron chi connectivity index (χ0n) is 12.3. The van der Waals surface area contributed by atoms with Crippen molar-refractivity contribution in [3.8, 4) is 11.4 Å². The molecule has 1 aromatic carbocycles. The summed E-state index contributed by atoms with van der Waals surface area (Å²) in [6.07, 6.45) is 0. The van der Waals surface area contributed by atoms with E-state index in [1.807, 2.05) is 6.07 Å². The quantitative estimate of drug-likeness (QED) is 0.876. The van der Waals surface area contributed by atoms with Crippen LogP contribution in [0.15, 0.2) is 28.8 Å². The molecule has 0 fully saturated rings. The lowest BCUT2D eigenvalue weighted by Gasteiger charge is -2.22. The molecule has 22 heavy (non-hydrogen) atoms. The van der Waals surface area contributed by atoms with Crippen LogP contribution in [0.25, 0.3) is 11.4 Å². The molecule has 0 saturated heterocycles. The lowest BCUT2D eigenvalue weighted by Crippen LogP contribution is -2.43. The summed E-state index contributed by atoms with van der Waals surface area (Å²) >= 11 is 5.91. The first-order chi connectivity index (χ1) is 10.5. The molecule has 8 heteroatoms. The summed E-state index contributed by atoms with van der Waals surface area (Å²) in [4.78, 5) is 17.4. The highest BCUT2D eigenvalue weighted by molar-refractivity contribution is 6.30. The summed E-state index contributed by atoms with van der Waals surface area (Å²) in [5, 5.41) is 16.1. The average molecular weight is 325 g/mol. The zero-order valence-corrected chi connectivity index (χ0v) is 13.0. The Kier molecular flexibility index (Phi) is 5.35. The number of aliphatic hydroxyl groups excluding tert-OH is 1. The van der Waals surface area contributed by atoms with Gasteiger partial charge in [-0.2, -0.15) is 4.98 Å². The second kappa shape index (κ2) is 7.24. The molecule has 2 rings (SSSR count). The van der Waals surface area contributed by atoms with Crippen LogP contribution in [0.4, 0.5) is 4.79 Å². The molecular formula is C14H17ClN4O3. The van der Waals surface area contributed by atoms with Gasteiger partial charge in [-0.1, -0.05) is 28.9 Å². The normalized spacial score (nSPS) is 12.0. The van der Waals surface area contributed by atoms with Crippen molar-refractivity contribution in [1.29, 1.82) is 0 Å². The van der Waals surface area contributed by atoms with E-state index in [1.165, 1.54) is 4.90 Å². The molecule has 0 saturated carbocycles. The Morgan fingerprint density at radius 1 is 1.55 bits per heavy atom. The van der Waals surface area contributed by atoms with Crippen LogP contribution in [-0.4, -0.2) is 45.9 Å². The number of aromatic nitrogens is 2. The number of nitrogens with one attached hydrogen (secondary N) is 1. The monoisotopic (exact) mass is 324 g/mol. The summed E-state index contributed by atoms with van der Waals surface area (Å²) in [5.74, 6) is 0.692. The second-order valence-electron chi connectivity index (χ2n) is 4.82. The third-order valence-corrected chi connectivity index (χ3v) is 3.42. The van der Waals surface area contributed by atoms with Gasteiger partial charge in [0, 0.05) is 17.6 Å². The second-order valence-corrected chi connectivity index (χ2v) is 5.26. The van der Waals surface area contributed by atoms with Crippen molar-refractivity contribution in [2.45, 2.75) is 19.5 Å². The fourth-order valence-corrected chi connectivity index (χ4v) is 1.86. The number of carbonyl (C=O) groups excluding carboxylic acids is 1. The van der Waals surface area contributed by atoms with Gasteiger partial charge < -0.3 is 19.8 Å². The molecule has 7 nitrogen and oxygen atoms in total. The van der Waals surface area contributed by atoms with E-state index in [0.717, 1.165) is 5.56 Å². The van der Waals surface area contributed by atoms with E-state index in [2.05, 4.69) is 15.5 Å². The minimum Gasteiger partial charge on any atom is -0.394 e. The lowest BCUT2D eigenvalue weighted by atomic mass is 10.2. The number of halogens is 1. The summed E-state index contributed by atoms with van der Waals surface area (Å²) in [6.45, 7) is 1.74. The standard InChI is InChI=1S/C14H17ClN4O3/c1-9(8-20)19(2)14(21)16-7-12-17-13(18-22-12)10-4-3-5-11(15)6-10/h3-6,9,20H,7-8H2,1-2H3,(H,16,21). The number of likely N-dealkylation sites (N-methyl/N-ethyl adjacent to an activating group) is 1. The summed E-state index contributed by atoms with van der Waals surface area (Å²) in [7, 11) is 1.60. The molecule has 1 atom stereocenters. The Bertz CT molecular complexity index is 647. The summed E-state index contributed by atoms with van der Waals surface area (Å²) < 4.78 is 5.09. The molecule has 2 aromatic rings. The molecule has 0 radical (unpaired) electrons. The number of hydrogen-bond acceptors (Lipinski definition) is 5. The van der Waals surface area contributed by atoms with Gasteiger partial charge in [0.25, 0.3) is 0 Å². The number of urea groups is 1. The number of amides is 2. The molecule has 2 amide bonds. The van der Waals surface area contributed by atoms with Crippen molar-refractivity contribution < 1.29 is 14.4 Å². The molecular weight excluding hydrogens is 308 g/mol. The number of benzene rings is 1. The number of hydrogen-bond donors (Lipinski definition) is 2. The molecule has 1 unspecified atom stereocenters. The highest BCUT2D eigenvalue weighted by Crippen LogP contribution is 2.19. The van der Waals surface area contributed by atoms with Gasteiger partial charge in [-0.25, -0.2) is 4.79 Å². The van der Waals surface area contributed by atoms with Gasteiger partial charge in [-0.05, 0) is 19.1 Å². The van der Waals surface area contributed by atoms with Crippen LogP contribution in [0.2, 0.25) is 5.02 Å². The van der Waals surface area contributed by atoms with Crippen LogP contribution < -0.4 is 5.32 Å². The first-order valence-corrected chi connectivity index (χ1v) is 7.09. The molecule has 0 aliphatic carbocycles. The topological polar surface area (TPSA) is 91.5 Å². The SMILES string of the molecule is CC(CO)N(C)C(=O)NCc1nc(-c2cccc(Cl)c2)no1. The third-order valence-electron chi connectivity index (χ3n) is 3.19. The molecule has 1 aromatic heterocycles. The van der Waals surface area contributed by atoms with Gasteiger partial charge in [0.15, 0.2) is 0 Å². The van der Waals surface area contributed by atoms with Crippen LogP contribution in [0.1, 0.15) is 12.8 Å². The van der Waals surface area contributed by atoms with Gasteiger partial charge in [0.2, 0.25) is 11.7 Å². The third kappa shape index (κ3) is 3.96. The predicted octanol–water partition coefficient (Wildman–Crippen LogP) is 1.91. The fraction of sp³-hybridized carbons (Fsp3) is 0.357. The molecule has 1 heterocycles. The zero-order chi connectivity index (χ0) is 16.1. The van der Waals surface area contributed by atoms with Crippen molar-refractivity contribution in [3.63, 3.8) is 0 Å². The van der Waals surface area contributed by atoms with E-state index < -0.39 is 0 Å². The van der Waals surface area contributed by atoms with Crippen molar-refractivity contribution in [1.82, 2.24) is 20.4 Å². The maximum absolute atomic E-state index is 11.8. The van der Waals surface area contributed by atoms with Crippen LogP contribution in [0, 0.1) is 0 Å². The maximum atomic E-state index is 11.8.